The van der Waals surface area contributed by atoms with E-state index in [4.69, 9.17) is 0 Å². The van der Waals surface area contributed by atoms with Crippen molar-refractivity contribution in [2.75, 3.05) is 13.1 Å². The number of phenols is 1. The summed E-state index contributed by atoms with van der Waals surface area (Å²) < 4.78 is 0. The minimum Gasteiger partial charge on any atom is -0.508 e. The first-order valence-corrected chi connectivity index (χ1v) is 7.96. The Labute approximate surface area is 131 Å². The number of hydrogen-bond donors (Lipinski definition) is 2. The topological polar surface area (TPSA) is 53.9 Å². The van der Waals surface area contributed by atoms with Crippen molar-refractivity contribution in [1.29, 1.82) is 0 Å². The van der Waals surface area contributed by atoms with Gasteiger partial charge in [-0.15, -0.1) is 0 Å². The average Bonchev–Trinajstić information content (AvgIpc) is 2.55. The zero-order valence-corrected chi connectivity index (χ0v) is 12.7. The summed E-state index contributed by atoms with van der Waals surface area (Å²) in [5, 5.41) is 11.5. The Kier molecular flexibility index (Phi) is 4.54. The number of hydrogen-bond acceptors (Lipinski definition) is 2. The average molecular weight is 296 g/mol. The number of carbonyl (C=O) groups is 1. The number of Topliss-reactive ketones (excluding diaryl/α,β-unsaturated/α-hetero) is 1. The Hall–Kier alpha value is -2.13. The van der Waals surface area contributed by atoms with Crippen LogP contribution in [0.1, 0.15) is 27.9 Å². The number of quaternary nitrogens is 1. The molecule has 1 aliphatic rings. The molecule has 0 aliphatic heterocycles. The lowest BCUT2D eigenvalue weighted by atomic mass is 9.83. The molecule has 114 valence electrons. The third-order valence-electron chi connectivity index (χ3n) is 4.44. The van der Waals surface area contributed by atoms with Gasteiger partial charge in [0.25, 0.3) is 0 Å². The van der Waals surface area contributed by atoms with Crippen molar-refractivity contribution in [3.8, 4) is 5.75 Å². The van der Waals surface area contributed by atoms with Crippen molar-refractivity contribution in [1.82, 2.24) is 0 Å². The van der Waals surface area contributed by atoms with Gasteiger partial charge in [-0.25, -0.2) is 0 Å². The van der Waals surface area contributed by atoms with Crippen LogP contribution in [0.25, 0.3) is 0 Å². The van der Waals surface area contributed by atoms with Gasteiger partial charge in [-0.3, -0.25) is 4.79 Å². The van der Waals surface area contributed by atoms with Crippen LogP contribution < -0.4 is 5.32 Å². The van der Waals surface area contributed by atoms with Crippen LogP contribution >= 0.6 is 0 Å². The van der Waals surface area contributed by atoms with Crippen LogP contribution in [0.5, 0.6) is 5.75 Å². The fourth-order valence-corrected chi connectivity index (χ4v) is 3.13. The van der Waals surface area contributed by atoms with Crippen molar-refractivity contribution < 1.29 is 15.2 Å². The molecule has 2 aromatic carbocycles. The first-order chi connectivity index (χ1) is 10.7. The maximum Gasteiger partial charge on any atom is 0.171 e. The smallest absolute Gasteiger partial charge is 0.171 e. The summed E-state index contributed by atoms with van der Waals surface area (Å²) in [6.45, 7) is 1.83. The zero-order chi connectivity index (χ0) is 15.4. The molecule has 0 unspecified atom stereocenters. The molecular weight excluding hydrogens is 274 g/mol. The molecule has 0 saturated carbocycles. The van der Waals surface area contributed by atoms with Gasteiger partial charge in [-0.1, -0.05) is 36.4 Å². The van der Waals surface area contributed by atoms with E-state index >= 15 is 0 Å². The number of benzene rings is 2. The number of carbonyl (C=O) groups excluding carboxylic acids is 1. The highest BCUT2D eigenvalue weighted by Gasteiger charge is 2.27. The fraction of sp³-hybridized carbons (Fsp3) is 0.316. The number of phenolic OH excluding ortho intramolecular Hbond substituents is 1. The minimum atomic E-state index is 0.148. The zero-order valence-electron chi connectivity index (χ0n) is 12.7. The number of nitrogens with two attached hydrogens (primary N) is 1. The van der Waals surface area contributed by atoms with E-state index in [-0.39, 0.29) is 5.92 Å². The van der Waals surface area contributed by atoms with Crippen molar-refractivity contribution in [2.45, 2.75) is 19.3 Å². The van der Waals surface area contributed by atoms with Crippen molar-refractivity contribution in [3.05, 3.63) is 65.2 Å². The van der Waals surface area contributed by atoms with Crippen LogP contribution in [0.4, 0.5) is 0 Å². The maximum atomic E-state index is 12.5. The number of aryl methyl sites for hydroxylation is 1. The second kappa shape index (κ2) is 6.75. The van der Waals surface area contributed by atoms with E-state index in [1.165, 1.54) is 11.1 Å². The molecule has 0 spiro atoms. The second-order valence-electron chi connectivity index (χ2n) is 5.99. The van der Waals surface area contributed by atoms with Crippen LogP contribution in [0.15, 0.2) is 48.5 Å². The number of fused-ring (bicyclic) bond motifs is 1. The summed E-state index contributed by atoms with van der Waals surface area (Å²) in [6.07, 6.45) is 2.93. The third kappa shape index (κ3) is 3.37. The van der Waals surface area contributed by atoms with Gasteiger partial charge in [0.2, 0.25) is 0 Å². The first-order valence-electron chi connectivity index (χ1n) is 7.96. The highest BCUT2D eigenvalue weighted by Crippen LogP contribution is 2.24. The summed E-state index contributed by atoms with van der Waals surface area (Å²) in [6, 6.07) is 15.3. The summed E-state index contributed by atoms with van der Waals surface area (Å²) in [7, 11) is 0. The van der Waals surface area contributed by atoms with E-state index in [1.54, 1.807) is 12.1 Å². The highest BCUT2D eigenvalue weighted by atomic mass is 16.3. The Morgan fingerprint density at radius 2 is 1.86 bits per heavy atom. The minimum absolute atomic E-state index is 0.148. The molecule has 22 heavy (non-hydrogen) atoms. The number of rotatable bonds is 5. The maximum absolute atomic E-state index is 12.5. The molecular formula is C19H22NO2+. The molecule has 0 radical (unpaired) electrons. The molecule has 0 heterocycles. The molecule has 3 rings (SSSR count). The Balaban J connectivity index is 1.48. The van der Waals surface area contributed by atoms with Crippen LogP contribution in [-0.2, 0) is 12.8 Å². The van der Waals surface area contributed by atoms with Gasteiger partial charge in [-0.2, -0.15) is 0 Å². The standard InChI is InChI=1S/C19H21NO2/c21-17-9-5-14(6-10-17)11-12-20-13-16-8-7-15-3-1-2-4-18(15)19(16)22/h1-6,9-10,16,20-21H,7-8,11-13H2/p+1/t16-/m1/s1. The molecule has 1 aliphatic carbocycles. The Morgan fingerprint density at radius 3 is 2.68 bits per heavy atom. The van der Waals surface area contributed by atoms with Crippen LogP contribution in [0, 0.1) is 5.92 Å². The molecule has 2 aromatic rings. The van der Waals surface area contributed by atoms with E-state index in [1.807, 2.05) is 30.3 Å². The quantitative estimate of drug-likeness (QED) is 0.829. The monoisotopic (exact) mass is 296 g/mol. The van der Waals surface area contributed by atoms with Gasteiger partial charge in [0.05, 0.1) is 19.0 Å². The Bertz CT molecular complexity index is 649. The lowest BCUT2D eigenvalue weighted by Crippen LogP contribution is -2.86. The van der Waals surface area contributed by atoms with E-state index in [9.17, 15) is 9.90 Å². The summed E-state index contributed by atoms with van der Waals surface area (Å²) in [4.78, 5) is 12.5. The molecule has 0 aromatic heterocycles. The molecule has 3 N–H and O–H groups in total. The van der Waals surface area contributed by atoms with E-state index in [0.29, 0.717) is 11.5 Å². The third-order valence-corrected chi connectivity index (χ3v) is 4.44. The van der Waals surface area contributed by atoms with E-state index < -0.39 is 0 Å². The van der Waals surface area contributed by atoms with Gasteiger partial charge in [-0.05, 0) is 36.1 Å². The summed E-state index contributed by atoms with van der Waals surface area (Å²) in [5.74, 6) is 0.761. The van der Waals surface area contributed by atoms with Gasteiger partial charge in [0.15, 0.2) is 5.78 Å². The van der Waals surface area contributed by atoms with Gasteiger partial charge >= 0.3 is 0 Å². The summed E-state index contributed by atoms with van der Waals surface area (Å²) >= 11 is 0. The van der Waals surface area contributed by atoms with Crippen LogP contribution in [0.2, 0.25) is 0 Å². The second-order valence-corrected chi connectivity index (χ2v) is 5.99. The van der Waals surface area contributed by atoms with Crippen molar-refractivity contribution in [2.24, 2.45) is 5.92 Å². The fourth-order valence-electron chi connectivity index (χ4n) is 3.13. The molecule has 0 fully saturated rings. The predicted octanol–water partition coefficient (Wildman–Crippen LogP) is 1.94. The van der Waals surface area contributed by atoms with Crippen LogP contribution in [-0.4, -0.2) is 24.0 Å². The van der Waals surface area contributed by atoms with Crippen molar-refractivity contribution in [3.63, 3.8) is 0 Å². The van der Waals surface area contributed by atoms with Gasteiger partial charge < -0.3 is 10.4 Å². The Morgan fingerprint density at radius 1 is 1.09 bits per heavy atom. The molecule has 3 heteroatoms. The first kappa shape index (κ1) is 14.8. The van der Waals surface area contributed by atoms with Gasteiger partial charge in [0, 0.05) is 12.0 Å². The SMILES string of the molecule is O=C1c2ccccc2CC[C@@H]1C[NH2+]CCc1ccc(O)cc1. The number of aromatic hydroxyl groups is 1. The lowest BCUT2D eigenvalue weighted by molar-refractivity contribution is -0.658. The molecule has 3 nitrogen and oxygen atoms in total. The predicted molar refractivity (Wildman–Crippen MR) is 86.1 cm³/mol. The molecule has 0 amide bonds. The largest absolute Gasteiger partial charge is 0.508 e. The normalized spacial score (nSPS) is 17.3. The molecule has 0 saturated heterocycles. The lowest BCUT2D eigenvalue weighted by Gasteiger charge is -2.22. The van der Waals surface area contributed by atoms with E-state index in [0.717, 1.165) is 37.9 Å². The van der Waals surface area contributed by atoms with E-state index in [2.05, 4.69) is 11.4 Å². The molecule has 0 bridgehead atoms. The number of ketones is 1. The highest BCUT2D eigenvalue weighted by molar-refractivity contribution is 6.00. The van der Waals surface area contributed by atoms with Crippen molar-refractivity contribution >= 4 is 5.78 Å². The van der Waals surface area contributed by atoms with Gasteiger partial charge in [0.1, 0.15) is 5.75 Å². The molecule has 1 atom stereocenters. The van der Waals surface area contributed by atoms with Crippen LogP contribution in [0.3, 0.4) is 0 Å². The summed E-state index contributed by atoms with van der Waals surface area (Å²) in [5.41, 5.74) is 3.34.